The van der Waals surface area contributed by atoms with Gasteiger partial charge in [0.25, 0.3) is 0 Å². The Bertz CT molecular complexity index is 426. The van der Waals surface area contributed by atoms with Crippen molar-refractivity contribution in [3.63, 3.8) is 0 Å². The lowest BCUT2D eigenvalue weighted by Crippen LogP contribution is -2.39. The number of likely N-dealkylation sites (N-methyl/N-ethyl adjacent to an activating group) is 1. The second-order valence-electron chi connectivity index (χ2n) is 5.70. The first kappa shape index (κ1) is 14.2. The minimum atomic E-state index is 0.474. The smallest absolute Gasteiger partial charge is 0.150 e. The lowest BCUT2D eigenvalue weighted by Gasteiger charge is -2.30. The zero-order valence-electron chi connectivity index (χ0n) is 12.7. The number of nitrogen functional groups attached to an aromatic ring is 1. The van der Waals surface area contributed by atoms with E-state index in [4.69, 9.17) is 5.73 Å². The summed E-state index contributed by atoms with van der Waals surface area (Å²) in [7, 11) is 2.19. The fourth-order valence-electron chi connectivity index (χ4n) is 2.94. The van der Waals surface area contributed by atoms with Crippen LogP contribution >= 0.6 is 0 Å². The maximum absolute atomic E-state index is 6.27. The Morgan fingerprint density at radius 2 is 2.11 bits per heavy atom. The van der Waals surface area contributed by atoms with E-state index in [2.05, 4.69) is 40.5 Å². The molecule has 1 aliphatic rings. The van der Waals surface area contributed by atoms with E-state index in [9.17, 15) is 0 Å². The van der Waals surface area contributed by atoms with Crippen molar-refractivity contribution >= 4 is 11.5 Å². The molecule has 1 saturated heterocycles. The molecule has 1 unspecified atom stereocenters. The van der Waals surface area contributed by atoms with Gasteiger partial charge in [-0.3, -0.25) is 0 Å². The fourth-order valence-corrected chi connectivity index (χ4v) is 2.94. The zero-order chi connectivity index (χ0) is 14.0. The van der Waals surface area contributed by atoms with Crippen LogP contribution in [-0.2, 0) is 6.54 Å². The van der Waals surface area contributed by atoms with Crippen molar-refractivity contribution in [1.82, 2.24) is 14.7 Å². The van der Waals surface area contributed by atoms with Crippen LogP contribution in [0.2, 0.25) is 0 Å². The number of aryl methyl sites for hydroxylation is 2. The Morgan fingerprint density at radius 1 is 1.37 bits per heavy atom. The number of anilines is 2. The molecule has 2 heterocycles. The molecule has 0 radical (unpaired) electrons. The van der Waals surface area contributed by atoms with Crippen LogP contribution in [0.1, 0.15) is 32.4 Å². The van der Waals surface area contributed by atoms with Gasteiger partial charge < -0.3 is 15.5 Å². The van der Waals surface area contributed by atoms with Crippen LogP contribution in [0.5, 0.6) is 0 Å². The highest BCUT2D eigenvalue weighted by atomic mass is 15.4. The van der Waals surface area contributed by atoms with Crippen LogP contribution in [0.25, 0.3) is 0 Å². The largest absolute Gasteiger partial charge is 0.394 e. The highest BCUT2D eigenvalue weighted by Gasteiger charge is 2.25. The van der Waals surface area contributed by atoms with Gasteiger partial charge in [0, 0.05) is 25.7 Å². The Balaban J connectivity index is 2.33. The maximum Gasteiger partial charge on any atom is 0.150 e. The molecule has 0 bridgehead atoms. The number of nitrogens with zero attached hydrogens (tertiary/aromatic N) is 4. The summed E-state index contributed by atoms with van der Waals surface area (Å²) in [5, 5.41) is 4.60. The van der Waals surface area contributed by atoms with E-state index < -0.39 is 0 Å². The quantitative estimate of drug-likeness (QED) is 0.904. The summed E-state index contributed by atoms with van der Waals surface area (Å²) in [6.07, 6.45) is 2.26. The second kappa shape index (κ2) is 5.82. The topological polar surface area (TPSA) is 50.3 Å². The summed E-state index contributed by atoms with van der Waals surface area (Å²) in [4.78, 5) is 4.84. The SMILES string of the molecule is CCCn1nc(C)c(N)c1N1CCCN(C)CC1C. The van der Waals surface area contributed by atoms with Crippen molar-refractivity contribution in [3.8, 4) is 0 Å². The van der Waals surface area contributed by atoms with Crippen LogP contribution in [0.3, 0.4) is 0 Å². The van der Waals surface area contributed by atoms with Gasteiger partial charge in [-0.2, -0.15) is 5.10 Å². The number of hydrogen-bond donors (Lipinski definition) is 1. The number of nitrogens with two attached hydrogens (primary N) is 1. The van der Waals surface area contributed by atoms with E-state index in [1.807, 2.05) is 6.92 Å². The van der Waals surface area contributed by atoms with Gasteiger partial charge in [0.1, 0.15) is 0 Å². The fraction of sp³-hybridized carbons (Fsp3) is 0.786. The van der Waals surface area contributed by atoms with Crippen molar-refractivity contribution in [2.45, 2.75) is 46.2 Å². The molecule has 0 aromatic carbocycles. The van der Waals surface area contributed by atoms with Crippen LogP contribution in [0, 0.1) is 6.92 Å². The third-order valence-electron chi connectivity index (χ3n) is 3.90. The average Bonchev–Trinajstić information content (AvgIpc) is 2.52. The van der Waals surface area contributed by atoms with Crippen LogP contribution in [-0.4, -0.2) is 47.4 Å². The minimum Gasteiger partial charge on any atom is -0.394 e. The normalized spacial score (nSPS) is 21.7. The minimum absolute atomic E-state index is 0.474. The Hall–Kier alpha value is -1.23. The highest BCUT2D eigenvalue weighted by Crippen LogP contribution is 2.29. The summed E-state index contributed by atoms with van der Waals surface area (Å²) < 4.78 is 2.09. The molecule has 0 saturated carbocycles. The molecular formula is C14H27N5. The van der Waals surface area contributed by atoms with Crippen molar-refractivity contribution < 1.29 is 0 Å². The summed E-state index contributed by atoms with van der Waals surface area (Å²) >= 11 is 0. The molecule has 1 aliphatic heterocycles. The van der Waals surface area contributed by atoms with Gasteiger partial charge in [-0.15, -0.1) is 0 Å². The number of rotatable bonds is 3. The molecule has 1 aromatic rings. The molecule has 5 nitrogen and oxygen atoms in total. The first-order valence-electron chi connectivity index (χ1n) is 7.32. The van der Waals surface area contributed by atoms with Gasteiger partial charge in [-0.05, 0) is 40.3 Å². The molecule has 108 valence electrons. The molecule has 1 aromatic heterocycles. The summed E-state index contributed by atoms with van der Waals surface area (Å²) in [6.45, 7) is 10.7. The molecule has 0 spiro atoms. The summed E-state index contributed by atoms with van der Waals surface area (Å²) in [5.74, 6) is 1.13. The summed E-state index contributed by atoms with van der Waals surface area (Å²) in [6, 6.07) is 0.474. The zero-order valence-corrected chi connectivity index (χ0v) is 12.7. The van der Waals surface area contributed by atoms with Gasteiger partial charge in [-0.25, -0.2) is 4.68 Å². The Kier molecular flexibility index (Phi) is 4.34. The third-order valence-corrected chi connectivity index (χ3v) is 3.90. The van der Waals surface area contributed by atoms with Crippen molar-refractivity contribution in [2.24, 2.45) is 0 Å². The maximum atomic E-state index is 6.27. The van der Waals surface area contributed by atoms with Crippen LogP contribution in [0.4, 0.5) is 11.5 Å². The van der Waals surface area contributed by atoms with E-state index in [1.165, 1.54) is 6.42 Å². The molecule has 19 heavy (non-hydrogen) atoms. The molecule has 0 aliphatic carbocycles. The molecular weight excluding hydrogens is 238 g/mol. The highest BCUT2D eigenvalue weighted by molar-refractivity contribution is 5.66. The molecule has 0 amide bonds. The standard InChI is InChI=1S/C14H27N5/c1-5-7-19-14(13(15)12(3)16-19)18-9-6-8-17(4)10-11(18)2/h11H,5-10,15H2,1-4H3. The molecule has 2 rings (SSSR count). The molecule has 2 N–H and O–H groups in total. The van der Waals surface area contributed by atoms with E-state index in [0.29, 0.717) is 6.04 Å². The van der Waals surface area contributed by atoms with Gasteiger partial charge in [0.2, 0.25) is 0 Å². The average molecular weight is 265 g/mol. The van der Waals surface area contributed by atoms with E-state index in [0.717, 1.165) is 49.8 Å². The molecule has 1 fully saturated rings. The van der Waals surface area contributed by atoms with Crippen LogP contribution in [0.15, 0.2) is 0 Å². The van der Waals surface area contributed by atoms with Gasteiger partial charge >= 0.3 is 0 Å². The molecule has 1 atom stereocenters. The number of aromatic nitrogens is 2. The first-order valence-corrected chi connectivity index (χ1v) is 7.32. The van der Waals surface area contributed by atoms with Crippen LogP contribution < -0.4 is 10.6 Å². The van der Waals surface area contributed by atoms with Gasteiger partial charge in [0.05, 0.1) is 11.4 Å². The van der Waals surface area contributed by atoms with Gasteiger partial charge in [0.15, 0.2) is 5.82 Å². The lowest BCUT2D eigenvalue weighted by molar-refractivity contribution is 0.336. The predicted molar refractivity (Wildman–Crippen MR) is 80.6 cm³/mol. The third kappa shape index (κ3) is 2.86. The molecule has 5 heteroatoms. The number of hydrogen-bond acceptors (Lipinski definition) is 4. The first-order chi connectivity index (χ1) is 9.04. The van der Waals surface area contributed by atoms with E-state index in [-0.39, 0.29) is 0 Å². The van der Waals surface area contributed by atoms with Crippen molar-refractivity contribution in [3.05, 3.63) is 5.69 Å². The van der Waals surface area contributed by atoms with E-state index >= 15 is 0 Å². The van der Waals surface area contributed by atoms with Crippen molar-refractivity contribution in [2.75, 3.05) is 37.3 Å². The Morgan fingerprint density at radius 3 is 2.79 bits per heavy atom. The van der Waals surface area contributed by atoms with E-state index in [1.54, 1.807) is 0 Å². The lowest BCUT2D eigenvalue weighted by atomic mass is 10.2. The Labute approximate surface area is 116 Å². The predicted octanol–water partition coefficient (Wildman–Crippen LogP) is 1.71. The van der Waals surface area contributed by atoms with Crippen molar-refractivity contribution in [1.29, 1.82) is 0 Å². The summed E-state index contributed by atoms with van der Waals surface area (Å²) in [5.41, 5.74) is 8.08. The monoisotopic (exact) mass is 265 g/mol. The second-order valence-corrected chi connectivity index (χ2v) is 5.70. The van der Waals surface area contributed by atoms with Gasteiger partial charge in [-0.1, -0.05) is 6.92 Å².